The Morgan fingerprint density at radius 1 is 1.21 bits per heavy atom. The second-order valence-electron chi connectivity index (χ2n) is 7.54. The molecule has 24 heavy (non-hydrogen) atoms. The van der Waals surface area contributed by atoms with Gasteiger partial charge in [0.2, 0.25) is 0 Å². The maximum absolute atomic E-state index is 11.6. The maximum Gasteiger partial charge on any atom is 0.191 e. The number of hydrogen-bond donors (Lipinski definition) is 2. The highest BCUT2D eigenvalue weighted by atomic mass is 127. The van der Waals surface area contributed by atoms with E-state index in [0.717, 1.165) is 18.3 Å². The second kappa shape index (κ2) is 10.2. The van der Waals surface area contributed by atoms with Crippen molar-refractivity contribution in [3.05, 3.63) is 0 Å². The van der Waals surface area contributed by atoms with Crippen LogP contribution >= 0.6 is 24.0 Å². The first kappa shape index (κ1) is 22.0. The van der Waals surface area contributed by atoms with Crippen molar-refractivity contribution >= 4 is 39.8 Å². The number of nitrogens with zero attached hydrogens (tertiary/aromatic N) is 1. The summed E-state index contributed by atoms with van der Waals surface area (Å²) in [5.74, 6) is 2.48. The molecule has 0 aromatic heterocycles. The summed E-state index contributed by atoms with van der Waals surface area (Å²) < 4.78 is 23.1. The van der Waals surface area contributed by atoms with Gasteiger partial charge in [0.25, 0.3) is 0 Å². The van der Waals surface area contributed by atoms with Gasteiger partial charge in [-0.3, -0.25) is 4.99 Å². The van der Waals surface area contributed by atoms with Crippen molar-refractivity contribution in [2.45, 2.75) is 71.4 Å². The van der Waals surface area contributed by atoms with Gasteiger partial charge in [-0.2, -0.15) is 0 Å². The first-order chi connectivity index (χ1) is 10.9. The zero-order valence-corrected chi connectivity index (χ0v) is 18.4. The van der Waals surface area contributed by atoms with Gasteiger partial charge in [0.1, 0.15) is 0 Å². The summed E-state index contributed by atoms with van der Waals surface area (Å²) in [6.45, 7) is 7.08. The lowest BCUT2D eigenvalue weighted by atomic mass is 9.84. The van der Waals surface area contributed by atoms with Crippen LogP contribution in [0.2, 0.25) is 0 Å². The lowest BCUT2D eigenvalue weighted by molar-refractivity contribution is 0.298. The molecular formula is C17H34IN3O2S. The Morgan fingerprint density at radius 2 is 1.96 bits per heavy atom. The van der Waals surface area contributed by atoms with Crippen molar-refractivity contribution in [1.82, 2.24) is 10.6 Å². The van der Waals surface area contributed by atoms with E-state index in [9.17, 15) is 8.42 Å². The number of rotatable bonds is 5. The van der Waals surface area contributed by atoms with Crippen molar-refractivity contribution in [1.29, 1.82) is 0 Å². The number of sulfone groups is 1. The van der Waals surface area contributed by atoms with Crippen LogP contribution in [0.5, 0.6) is 0 Å². The Labute approximate surface area is 164 Å². The molecule has 3 atom stereocenters. The van der Waals surface area contributed by atoms with E-state index in [2.05, 4.69) is 36.4 Å². The minimum atomic E-state index is -2.81. The molecular weight excluding hydrogens is 437 g/mol. The summed E-state index contributed by atoms with van der Waals surface area (Å²) in [6, 6.07) is 0.810. The smallest absolute Gasteiger partial charge is 0.191 e. The summed E-state index contributed by atoms with van der Waals surface area (Å²) in [7, 11) is -2.81. The molecule has 3 unspecified atom stereocenters. The highest BCUT2D eigenvalue weighted by molar-refractivity contribution is 14.0. The summed E-state index contributed by atoms with van der Waals surface area (Å²) in [4.78, 5) is 4.69. The number of nitrogens with one attached hydrogen (secondary N) is 2. The molecule has 142 valence electrons. The Hall–Kier alpha value is -0.0500. The quantitative estimate of drug-likeness (QED) is 0.368. The molecule has 0 bridgehead atoms. The molecule has 0 aromatic carbocycles. The average Bonchev–Trinajstić information content (AvgIpc) is 2.84. The van der Waals surface area contributed by atoms with Gasteiger partial charge in [0.05, 0.1) is 11.5 Å². The fraction of sp³-hybridized carbons (Fsp3) is 0.941. The predicted molar refractivity (Wildman–Crippen MR) is 112 cm³/mol. The van der Waals surface area contributed by atoms with Crippen LogP contribution in [0.3, 0.4) is 0 Å². The first-order valence-electron chi connectivity index (χ1n) is 9.16. The van der Waals surface area contributed by atoms with Gasteiger partial charge in [-0.25, -0.2) is 8.42 Å². The van der Waals surface area contributed by atoms with Crippen LogP contribution < -0.4 is 10.6 Å². The van der Waals surface area contributed by atoms with Crippen LogP contribution in [-0.2, 0) is 9.84 Å². The number of aliphatic imine (C=N–C) groups is 1. The average molecular weight is 471 g/mol. The molecule has 2 N–H and O–H groups in total. The monoisotopic (exact) mass is 471 g/mol. The summed E-state index contributed by atoms with van der Waals surface area (Å²) in [5, 5.41) is 6.98. The molecule has 1 saturated carbocycles. The molecule has 1 aliphatic heterocycles. The van der Waals surface area contributed by atoms with Crippen LogP contribution in [0.25, 0.3) is 0 Å². The van der Waals surface area contributed by atoms with Gasteiger partial charge in [-0.05, 0) is 44.9 Å². The lowest BCUT2D eigenvalue weighted by Gasteiger charge is -2.31. The molecule has 5 nitrogen and oxygen atoms in total. The van der Waals surface area contributed by atoms with Crippen LogP contribution in [0.15, 0.2) is 4.99 Å². The van der Waals surface area contributed by atoms with E-state index in [-0.39, 0.29) is 29.9 Å². The van der Waals surface area contributed by atoms with Gasteiger partial charge in [0, 0.05) is 18.6 Å². The van der Waals surface area contributed by atoms with E-state index >= 15 is 0 Å². The van der Waals surface area contributed by atoms with E-state index in [1.54, 1.807) is 0 Å². The number of guanidine groups is 1. The third-order valence-corrected chi connectivity index (χ3v) is 6.80. The van der Waals surface area contributed by atoms with E-state index in [0.29, 0.717) is 30.1 Å². The molecule has 0 amide bonds. The third kappa shape index (κ3) is 7.45. The predicted octanol–water partition coefficient (Wildman–Crippen LogP) is 2.95. The van der Waals surface area contributed by atoms with Crippen molar-refractivity contribution < 1.29 is 8.42 Å². The van der Waals surface area contributed by atoms with E-state index in [1.807, 2.05) is 0 Å². The topological polar surface area (TPSA) is 70.6 Å². The Bertz CT molecular complexity index is 508. The first-order valence-corrected chi connectivity index (χ1v) is 11.0. The third-order valence-electron chi connectivity index (χ3n) is 4.96. The van der Waals surface area contributed by atoms with Crippen molar-refractivity contribution in [3.63, 3.8) is 0 Å². The van der Waals surface area contributed by atoms with E-state index < -0.39 is 9.84 Å². The largest absolute Gasteiger partial charge is 0.354 e. The fourth-order valence-electron chi connectivity index (χ4n) is 3.63. The molecule has 0 radical (unpaired) electrons. The molecule has 1 saturated heterocycles. The van der Waals surface area contributed by atoms with Crippen molar-refractivity contribution in [3.8, 4) is 0 Å². The lowest BCUT2D eigenvalue weighted by Crippen LogP contribution is -2.47. The van der Waals surface area contributed by atoms with E-state index in [1.165, 1.54) is 32.1 Å². The van der Waals surface area contributed by atoms with Gasteiger partial charge < -0.3 is 10.6 Å². The van der Waals surface area contributed by atoms with Gasteiger partial charge in [-0.15, -0.1) is 24.0 Å². The van der Waals surface area contributed by atoms with Crippen LogP contribution in [0.4, 0.5) is 0 Å². The normalized spacial score (nSPS) is 30.0. The van der Waals surface area contributed by atoms with Crippen LogP contribution in [-0.4, -0.2) is 44.5 Å². The number of hydrogen-bond acceptors (Lipinski definition) is 3. The summed E-state index contributed by atoms with van der Waals surface area (Å²) in [5.41, 5.74) is 0. The van der Waals surface area contributed by atoms with Gasteiger partial charge >= 0.3 is 0 Å². The maximum atomic E-state index is 11.6. The van der Waals surface area contributed by atoms with Gasteiger partial charge in [-0.1, -0.05) is 26.2 Å². The molecule has 2 fully saturated rings. The molecule has 7 heteroatoms. The summed E-state index contributed by atoms with van der Waals surface area (Å²) in [6.07, 6.45) is 7.05. The standard InChI is InChI=1S/C17H33N3O2S.HI/c1-4-14-6-5-7-16(10-14)20-17(19-13(2)3)18-11-15-8-9-23(21,22)12-15;/h13-16H,4-12H2,1-3H3,(H2,18,19,20);1H. The zero-order chi connectivity index (χ0) is 16.9. The molecule has 1 heterocycles. The second-order valence-corrected chi connectivity index (χ2v) is 9.77. The molecule has 1 aliphatic carbocycles. The SMILES string of the molecule is CCC1CCCC(NC(=NCC2CCS(=O)(=O)C2)NC(C)C)C1.I. The van der Waals surface area contributed by atoms with Crippen molar-refractivity contribution in [2.24, 2.45) is 16.8 Å². The molecule has 2 aliphatic rings. The molecule has 0 spiro atoms. The minimum Gasteiger partial charge on any atom is -0.354 e. The highest BCUT2D eigenvalue weighted by Gasteiger charge is 2.28. The van der Waals surface area contributed by atoms with E-state index in [4.69, 9.17) is 0 Å². The zero-order valence-electron chi connectivity index (χ0n) is 15.3. The Balaban J connectivity index is 0.00000288. The summed E-state index contributed by atoms with van der Waals surface area (Å²) >= 11 is 0. The van der Waals surface area contributed by atoms with Gasteiger partial charge in [0.15, 0.2) is 15.8 Å². The Morgan fingerprint density at radius 3 is 2.54 bits per heavy atom. The van der Waals surface area contributed by atoms with Crippen LogP contribution in [0.1, 0.15) is 59.3 Å². The minimum absolute atomic E-state index is 0. The molecule has 0 aromatic rings. The Kier molecular flexibility index (Phi) is 9.33. The van der Waals surface area contributed by atoms with Crippen molar-refractivity contribution in [2.75, 3.05) is 18.1 Å². The fourth-order valence-corrected chi connectivity index (χ4v) is 5.48. The highest BCUT2D eigenvalue weighted by Crippen LogP contribution is 2.26. The number of halogens is 1. The van der Waals surface area contributed by atoms with Crippen LogP contribution in [0, 0.1) is 11.8 Å². The molecule has 2 rings (SSSR count).